The van der Waals surface area contributed by atoms with E-state index in [0.29, 0.717) is 24.8 Å². The van der Waals surface area contributed by atoms with E-state index in [1.165, 1.54) is 37.7 Å². The monoisotopic (exact) mass is 446 g/mol. The quantitative estimate of drug-likeness (QED) is 0.590. The summed E-state index contributed by atoms with van der Waals surface area (Å²) in [5.74, 6) is 0.381. The van der Waals surface area contributed by atoms with Crippen molar-refractivity contribution in [3.8, 4) is 0 Å². The minimum absolute atomic E-state index is 0.0186. The van der Waals surface area contributed by atoms with Crippen LogP contribution in [0, 0.1) is 0 Å². The second kappa shape index (κ2) is 10.7. The molecule has 0 radical (unpaired) electrons. The van der Waals surface area contributed by atoms with E-state index in [-0.39, 0.29) is 22.2 Å². The Labute approximate surface area is 184 Å². The summed E-state index contributed by atoms with van der Waals surface area (Å²) in [7, 11) is 0.171. The number of methoxy groups -OCH3 is 1. The molecule has 1 aliphatic carbocycles. The maximum Gasteiger partial charge on any atom is 0.274 e. The molecule has 1 amide bonds. The van der Waals surface area contributed by atoms with E-state index in [2.05, 4.69) is 20.2 Å². The molecule has 1 saturated carbocycles. The molecule has 0 atom stereocenters. The zero-order chi connectivity index (χ0) is 22.3. The van der Waals surface area contributed by atoms with E-state index in [0.717, 1.165) is 18.7 Å². The highest BCUT2D eigenvalue weighted by atomic mass is 32.2. The lowest BCUT2D eigenvalue weighted by atomic mass is 9.94. The van der Waals surface area contributed by atoms with Crippen LogP contribution in [0.1, 0.15) is 49.0 Å². The zero-order valence-electron chi connectivity index (χ0n) is 18.1. The summed E-state index contributed by atoms with van der Waals surface area (Å²) in [4.78, 5) is 23.5. The van der Waals surface area contributed by atoms with E-state index in [4.69, 9.17) is 4.74 Å². The summed E-state index contributed by atoms with van der Waals surface area (Å²) in [6.07, 6.45) is 7.79. The fourth-order valence-electron chi connectivity index (χ4n) is 3.77. The number of amides is 1. The van der Waals surface area contributed by atoms with E-state index >= 15 is 0 Å². The third kappa shape index (κ3) is 6.24. The summed E-state index contributed by atoms with van der Waals surface area (Å²) < 4.78 is 29.6. The van der Waals surface area contributed by atoms with E-state index in [1.54, 1.807) is 25.3 Å². The maximum atomic E-state index is 12.7. The van der Waals surface area contributed by atoms with Crippen LogP contribution in [0.15, 0.2) is 41.6 Å². The van der Waals surface area contributed by atoms with Gasteiger partial charge in [0, 0.05) is 38.6 Å². The normalized spacial score (nSPS) is 14.9. The van der Waals surface area contributed by atoms with Crippen molar-refractivity contribution in [2.45, 2.75) is 49.5 Å². The van der Waals surface area contributed by atoms with Crippen molar-refractivity contribution in [2.24, 2.45) is 0 Å². The second-order valence-corrected chi connectivity index (χ2v) is 9.92. The first-order valence-corrected chi connectivity index (χ1v) is 12.2. The fourth-order valence-corrected chi connectivity index (χ4v) is 5.06. The van der Waals surface area contributed by atoms with Gasteiger partial charge in [0.05, 0.1) is 10.6 Å². The van der Waals surface area contributed by atoms with Gasteiger partial charge in [-0.1, -0.05) is 19.3 Å². The van der Waals surface area contributed by atoms with Crippen molar-refractivity contribution in [3.05, 3.63) is 42.4 Å². The number of benzene rings is 1. The number of hydrogen-bond acceptors (Lipinski definition) is 7. The molecule has 168 valence electrons. The Morgan fingerprint density at radius 3 is 2.55 bits per heavy atom. The molecule has 9 heteroatoms. The number of carbonyl (C=O) groups excluding carboxylic acids is 1. The van der Waals surface area contributed by atoms with E-state index < -0.39 is 9.84 Å². The zero-order valence-corrected chi connectivity index (χ0v) is 18.9. The maximum absolute atomic E-state index is 12.7. The summed E-state index contributed by atoms with van der Waals surface area (Å²) in [5.41, 5.74) is 0.769. The minimum atomic E-state index is -3.37. The van der Waals surface area contributed by atoms with Gasteiger partial charge in [-0.25, -0.2) is 18.4 Å². The Kier molecular flexibility index (Phi) is 7.97. The second-order valence-electron chi connectivity index (χ2n) is 7.81. The molecule has 8 nitrogen and oxygen atoms in total. The van der Waals surface area contributed by atoms with Crippen molar-refractivity contribution in [2.75, 3.05) is 36.7 Å². The lowest BCUT2D eigenvalue weighted by molar-refractivity contribution is 0.102. The van der Waals surface area contributed by atoms with Crippen LogP contribution in [0.5, 0.6) is 0 Å². The van der Waals surface area contributed by atoms with Crippen molar-refractivity contribution < 1.29 is 17.9 Å². The van der Waals surface area contributed by atoms with Gasteiger partial charge >= 0.3 is 0 Å². The van der Waals surface area contributed by atoms with Crippen LogP contribution in [0.3, 0.4) is 0 Å². The predicted molar refractivity (Wildman–Crippen MR) is 120 cm³/mol. The van der Waals surface area contributed by atoms with Crippen molar-refractivity contribution in [1.29, 1.82) is 0 Å². The average molecular weight is 447 g/mol. The summed E-state index contributed by atoms with van der Waals surface area (Å²) in [6, 6.07) is 8.28. The van der Waals surface area contributed by atoms with E-state index in [9.17, 15) is 13.2 Å². The van der Waals surface area contributed by atoms with Crippen LogP contribution in [0.25, 0.3) is 0 Å². The van der Waals surface area contributed by atoms with Crippen molar-refractivity contribution >= 4 is 27.2 Å². The van der Waals surface area contributed by atoms with Gasteiger partial charge in [0.1, 0.15) is 17.8 Å². The smallest absolute Gasteiger partial charge is 0.274 e. The molecule has 1 heterocycles. The number of ether oxygens (including phenoxy) is 1. The highest BCUT2D eigenvalue weighted by Gasteiger charge is 2.20. The summed E-state index contributed by atoms with van der Waals surface area (Å²) >= 11 is 0. The van der Waals surface area contributed by atoms with Crippen LogP contribution in [0.2, 0.25) is 0 Å². The fraction of sp³-hybridized carbons (Fsp3) is 0.500. The first-order chi connectivity index (χ1) is 14.9. The van der Waals surface area contributed by atoms with Gasteiger partial charge in [-0.2, -0.15) is 0 Å². The highest BCUT2D eigenvalue weighted by Crippen LogP contribution is 2.25. The molecule has 3 rings (SSSR count). The molecular weight excluding hydrogens is 416 g/mol. The van der Waals surface area contributed by atoms with Crippen LogP contribution in [-0.4, -0.2) is 56.9 Å². The third-order valence-electron chi connectivity index (χ3n) is 5.60. The molecular formula is C22H30N4O4S. The van der Waals surface area contributed by atoms with Crippen LogP contribution >= 0.6 is 0 Å². The molecule has 1 fully saturated rings. The van der Waals surface area contributed by atoms with Gasteiger partial charge < -0.3 is 15.0 Å². The Bertz CT molecular complexity index is 973. The number of carbonyl (C=O) groups is 1. The molecule has 2 aromatic rings. The van der Waals surface area contributed by atoms with Crippen LogP contribution < -0.4 is 10.2 Å². The largest absolute Gasteiger partial charge is 0.385 e. The average Bonchev–Trinajstić information content (AvgIpc) is 2.79. The van der Waals surface area contributed by atoms with Gasteiger partial charge in [0.2, 0.25) is 0 Å². The van der Waals surface area contributed by atoms with Gasteiger partial charge in [0.15, 0.2) is 9.84 Å². The molecule has 0 saturated heterocycles. The summed E-state index contributed by atoms with van der Waals surface area (Å²) in [5, 5.41) is 2.77. The predicted octanol–water partition coefficient (Wildman–Crippen LogP) is 3.31. The number of nitrogens with zero attached hydrogens (tertiary/aromatic N) is 3. The van der Waals surface area contributed by atoms with Gasteiger partial charge in [0.25, 0.3) is 5.91 Å². The minimum Gasteiger partial charge on any atom is -0.385 e. The number of nitrogens with one attached hydrogen (secondary N) is 1. The lowest BCUT2D eigenvalue weighted by Gasteiger charge is -2.32. The molecule has 1 aliphatic rings. The number of hydrogen-bond donors (Lipinski definition) is 1. The Balaban J connectivity index is 1.65. The van der Waals surface area contributed by atoms with Crippen molar-refractivity contribution in [1.82, 2.24) is 9.97 Å². The highest BCUT2D eigenvalue weighted by molar-refractivity contribution is 7.91. The Morgan fingerprint density at radius 1 is 1.16 bits per heavy atom. The molecule has 0 unspecified atom stereocenters. The number of sulfone groups is 1. The molecule has 0 spiro atoms. The first kappa shape index (κ1) is 23.1. The number of aromatic nitrogens is 2. The Morgan fingerprint density at radius 2 is 1.87 bits per heavy atom. The number of anilines is 2. The van der Waals surface area contributed by atoms with Crippen LogP contribution in [-0.2, 0) is 14.6 Å². The topological polar surface area (TPSA) is 101 Å². The molecule has 1 aromatic heterocycles. The standard InChI is InChI=1S/C22H30N4O4S/c1-26(18-7-4-3-5-8-18)21-15-20(23-16-24-21)22(27)25-17-9-11-19(12-10-17)31(28,29)14-6-13-30-2/h9-12,15-16,18H,3-8,13-14H2,1-2H3,(H,25,27). The first-order valence-electron chi connectivity index (χ1n) is 10.6. The van der Waals surface area contributed by atoms with Gasteiger partial charge in [-0.15, -0.1) is 0 Å². The lowest BCUT2D eigenvalue weighted by Crippen LogP contribution is -2.34. The SMILES string of the molecule is COCCCS(=O)(=O)c1ccc(NC(=O)c2cc(N(C)C3CCCCC3)ncn2)cc1. The molecule has 0 aliphatic heterocycles. The molecule has 31 heavy (non-hydrogen) atoms. The van der Waals surface area contributed by atoms with Gasteiger partial charge in [-0.05, 0) is 43.5 Å². The van der Waals surface area contributed by atoms with Gasteiger partial charge in [-0.3, -0.25) is 4.79 Å². The molecule has 1 aromatic carbocycles. The van der Waals surface area contributed by atoms with Crippen LogP contribution in [0.4, 0.5) is 11.5 Å². The summed E-state index contributed by atoms with van der Waals surface area (Å²) in [6.45, 7) is 0.393. The third-order valence-corrected chi connectivity index (χ3v) is 7.42. The Hall–Kier alpha value is -2.52. The van der Waals surface area contributed by atoms with E-state index in [1.807, 2.05) is 7.05 Å². The molecule has 0 bridgehead atoms. The van der Waals surface area contributed by atoms with Crippen molar-refractivity contribution in [3.63, 3.8) is 0 Å². The number of rotatable bonds is 9. The molecule has 1 N–H and O–H groups in total.